The fourth-order valence-electron chi connectivity index (χ4n) is 2.66. The maximum Gasteiger partial charge on any atom is 0.254 e. The van der Waals surface area contributed by atoms with Crippen LogP contribution in [0.25, 0.3) is 0 Å². The molecule has 2 heterocycles. The Bertz CT molecular complexity index is 648. The molecule has 0 radical (unpaired) electrons. The summed E-state index contributed by atoms with van der Waals surface area (Å²) in [5.74, 6) is 0.736. The lowest BCUT2D eigenvalue weighted by Crippen LogP contribution is -2.54. The molecule has 0 saturated carbocycles. The molecule has 1 N–H and O–H groups in total. The molecule has 1 saturated heterocycles. The second kappa shape index (κ2) is 9.94. The summed E-state index contributed by atoms with van der Waals surface area (Å²) in [6.45, 7) is 8.08. The maximum absolute atomic E-state index is 12.0. The Morgan fingerprint density at radius 3 is 2.81 bits per heavy atom. The van der Waals surface area contributed by atoms with Crippen LogP contribution < -0.4 is 10.4 Å². The van der Waals surface area contributed by atoms with Gasteiger partial charge in [0.15, 0.2) is 5.16 Å². The van der Waals surface area contributed by atoms with Crippen molar-refractivity contribution in [3.8, 4) is 0 Å². The molecule has 26 heavy (non-hydrogen) atoms. The number of amides is 2. The Hall–Kier alpha value is -1.58. The fraction of sp³-hybridized carbons (Fsp3) is 0.625. The third-order valence-electron chi connectivity index (χ3n) is 3.90. The summed E-state index contributed by atoms with van der Waals surface area (Å²) >= 11 is 7.32. The average molecular weight is 402 g/mol. The lowest BCUT2D eigenvalue weighted by atomic mass is 10.1. The minimum Gasteiger partial charge on any atom is -0.353 e. The van der Waals surface area contributed by atoms with Crippen LogP contribution in [0.15, 0.2) is 11.2 Å². The summed E-state index contributed by atoms with van der Waals surface area (Å²) in [5.41, 5.74) is 2.33. The SMILES string of the molecule is CCONC(=O)CSc1nc(Cl)cc(N2CCN(C(=O)CC)C(C)C2)n1. The van der Waals surface area contributed by atoms with E-state index in [0.717, 1.165) is 0 Å². The molecule has 0 aliphatic carbocycles. The normalized spacial score (nSPS) is 17.3. The lowest BCUT2D eigenvalue weighted by Gasteiger charge is -2.40. The molecule has 2 rings (SSSR count). The van der Waals surface area contributed by atoms with E-state index in [1.165, 1.54) is 11.8 Å². The van der Waals surface area contributed by atoms with E-state index in [0.29, 0.717) is 48.8 Å². The smallest absolute Gasteiger partial charge is 0.254 e. The van der Waals surface area contributed by atoms with Crippen LogP contribution in [0, 0.1) is 0 Å². The van der Waals surface area contributed by atoms with Gasteiger partial charge < -0.3 is 9.80 Å². The van der Waals surface area contributed by atoms with Crippen molar-refractivity contribution < 1.29 is 14.4 Å². The summed E-state index contributed by atoms with van der Waals surface area (Å²) in [6.07, 6.45) is 0.508. The van der Waals surface area contributed by atoms with Gasteiger partial charge in [-0.3, -0.25) is 14.4 Å². The number of aromatic nitrogens is 2. The quantitative estimate of drug-likeness (QED) is 0.322. The summed E-state index contributed by atoms with van der Waals surface area (Å²) in [6, 6.07) is 1.80. The van der Waals surface area contributed by atoms with Crippen molar-refractivity contribution in [1.82, 2.24) is 20.3 Å². The second-order valence-electron chi connectivity index (χ2n) is 5.81. The minimum absolute atomic E-state index is 0.0954. The Kier molecular flexibility index (Phi) is 7.92. The number of carbonyl (C=O) groups excluding carboxylic acids is 2. The maximum atomic E-state index is 12.0. The van der Waals surface area contributed by atoms with Crippen LogP contribution in [0.3, 0.4) is 0 Å². The number of hydrogen-bond donors (Lipinski definition) is 1. The van der Waals surface area contributed by atoms with Gasteiger partial charge in [-0.15, -0.1) is 0 Å². The highest BCUT2D eigenvalue weighted by atomic mass is 35.5. The largest absolute Gasteiger partial charge is 0.353 e. The summed E-state index contributed by atoms with van der Waals surface area (Å²) in [5, 5.41) is 0.751. The molecule has 1 aromatic rings. The number of nitrogens with zero attached hydrogens (tertiary/aromatic N) is 4. The van der Waals surface area contributed by atoms with Gasteiger partial charge in [0, 0.05) is 38.2 Å². The standard InChI is InChI=1S/C16H24ClN5O3S/c1-4-15(24)22-7-6-21(9-11(22)3)13-8-12(17)18-16(19-13)26-10-14(23)20-25-5-2/h8,11H,4-7,9-10H2,1-3H3,(H,20,23). The molecule has 1 unspecified atom stereocenters. The molecule has 1 aliphatic heterocycles. The Labute approximate surface area is 162 Å². The highest BCUT2D eigenvalue weighted by molar-refractivity contribution is 7.99. The van der Waals surface area contributed by atoms with Gasteiger partial charge in [-0.05, 0) is 13.8 Å². The minimum atomic E-state index is -0.262. The van der Waals surface area contributed by atoms with E-state index in [4.69, 9.17) is 16.4 Å². The van der Waals surface area contributed by atoms with E-state index < -0.39 is 0 Å². The number of thioether (sulfide) groups is 1. The molecule has 8 nitrogen and oxygen atoms in total. The first kappa shape index (κ1) is 20.7. The van der Waals surface area contributed by atoms with Crippen LogP contribution >= 0.6 is 23.4 Å². The van der Waals surface area contributed by atoms with Crippen molar-refractivity contribution >= 4 is 41.0 Å². The highest BCUT2D eigenvalue weighted by Crippen LogP contribution is 2.24. The van der Waals surface area contributed by atoms with Gasteiger partial charge in [-0.1, -0.05) is 30.3 Å². The monoisotopic (exact) mass is 401 g/mol. The highest BCUT2D eigenvalue weighted by Gasteiger charge is 2.27. The zero-order valence-electron chi connectivity index (χ0n) is 15.2. The molecular weight excluding hydrogens is 378 g/mol. The van der Waals surface area contributed by atoms with Crippen LogP contribution in [-0.4, -0.2) is 64.7 Å². The van der Waals surface area contributed by atoms with Crippen LogP contribution in [0.2, 0.25) is 5.15 Å². The molecule has 0 aromatic carbocycles. The molecule has 144 valence electrons. The number of anilines is 1. The lowest BCUT2D eigenvalue weighted by molar-refractivity contribution is -0.133. The number of hydrogen-bond acceptors (Lipinski definition) is 7. The molecule has 1 fully saturated rings. The molecular formula is C16H24ClN5O3S. The van der Waals surface area contributed by atoms with E-state index in [2.05, 4.69) is 20.3 Å². The average Bonchev–Trinajstić information content (AvgIpc) is 2.63. The molecule has 1 aromatic heterocycles. The Balaban J connectivity index is 2.01. The number of halogens is 1. The number of piperazine rings is 1. The predicted molar refractivity (Wildman–Crippen MR) is 101 cm³/mol. The first-order valence-corrected chi connectivity index (χ1v) is 9.93. The van der Waals surface area contributed by atoms with Gasteiger partial charge >= 0.3 is 0 Å². The van der Waals surface area contributed by atoms with Crippen molar-refractivity contribution in [1.29, 1.82) is 0 Å². The summed E-state index contributed by atoms with van der Waals surface area (Å²) in [4.78, 5) is 41.1. The van der Waals surface area contributed by atoms with Crippen molar-refractivity contribution in [3.63, 3.8) is 0 Å². The van der Waals surface area contributed by atoms with E-state index in [9.17, 15) is 9.59 Å². The molecule has 1 atom stereocenters. The van der Waals surface area contributed by atoms with E-state index in [1.54, 1.807) is 13.0 Å². The van der Waals surface area contributed by atoms with Gasteiger partial charge in [0.25, 0.3) is 5.91 Å². The second-order valence-corrected chi connectivity index (χ2v) is 7.14. The van der Waals surface area contributed by atoms with Crippen LogP contribution in [0.4, 0.5) is 5.82 Å². The number of rotatable bonds is 7. The number of nitrogens with one attached hydrogen (secondary N) is 1. The Morgan fingerprint density at radius 1 is 1.38 bits per heavy atom. The van der Waals surface area contributed by atoms with E-state index in [1.807, 2.05) is 18.7 Å². The van der Waals surface area contributed by atoms with Gasteiger partial charge in [-0.2, -0.15) is 0 Å². The number of carbonyl (C=O) groups is 2. The first-order chi connectivity index (χ1) is 12.4. The van der Waals surface area contributed by atoms with Crippen molar-refractivity contribution in [2.75, 3.05) is 36.9 Å². The Morgan fingerprint density at radius 2 is 2.15 bits per heavy atom. The van der Waals surface area contributed by atoms with Gasteiger partial charge in [0.05, 0.1) is 12.4 Å². The van der Waals surface area contributed by atoms with Gasteiger partial charge in [-0.25, -0.2) is 15.4 Å². The van der Waals surface area contributed by atoms with E-state index >= 15 is 0 Å². The third kappa shape index (κ3) is 5.72. The topological polar surface area (TPSA) is 87.7 Å². The molecule has 2 amide bonds. The third-order valence-corrected chi connectivity index (χ3v) is 4.94. The molecule has 1 aliphatic rings. The molecule has 0 spiro atoms. The summed E-state index contributed by atoms with van der Waals surface area (Å²) < 4.78 is 0. The van der Waals surface area contributed by atoms with Crippen LogP contribution in [-0.2, 0) is 14.4 Å². The first-order valence-electron chi connectivity index (χ1n) is 8.57. The summed E-state index contributed by atoms with van der Waals surface area (Å²) in [7, 11) is 0. The van der Waals surface area contributed by atoms with E-state index in [-0.39, 0.29) is 23.6 Å². The zero-order valence-corrected chi connectivity index (χ0v) is 16.8. The number of hydroxylamine groups is 1. The predicted octanol–water partition coefficient (Wildman–Crippen LogP) is 1.74. The van der Waals surface area contributed by atoms with Crippen molar-refractivity contribution in [2.24, 2.45) is 0 Å². The van der Waals surface area contributed by atoms with Gasteiger partial charge in [0.1, 0.15) is 11.0 Å². The molecule has 10 heteroatoms. The van der Waals surface area contributed by atoms with Gasteiger partial charge in [0.2, 0.25) is 5.91 Å². The fourth-order valence-corrected chi connectivity index (χ4v) is 3.53. The van der Waals surface area contributed by atoms with Crippen molar-refractivity contribution in [2.45, 2.75) is 38.4 Å². The zero-order chi connectivity index (χ0) is 19.1. The van der Waals surface area contributed by atoms with Crippen LogP contribution in [0.5, 0.6) is 0 Å². The molecule has 0 bridgehead atoms. The van der Waals surface area contributed by atoms with Crippen LogP contribution in [0.1, 0.15) is 27.2 Å². The van der Waals surface area contributed by atoms with Crippen molar-refractivity contribution in [3.05, 3.63) is 11.2 Å².